The van der Waals surface area contributed by atoms with Crippen molar-refractivity contribution >= 4 is 0 Å². The summed E-state index contributed by atoms with van der Waals surface area (Å²) in [5, 5.41) is 5.68. The molecule has 6 heteroatoms. The summed E-state index contributed by atoms with van der Waals surface area (Å²) in [6.07, 6.45) is 4.83. The number of H-pyrrole nitrogens is 1. The van der Waals surface area contributed by atoms with E-state index in [0.29, 0.717) is 12.3 Å². The number of nitrogens with one attached hydrogen (secondary N) is 1. The first-order valence-corrected chi connectivity index (χ1v) is 5.75. The van der Waals surface area contributed by atoms with Gasteiger partial charge in [-0.1, -0.05) is 27.9 Å². The van der Waals surface area contributed by atoms with Crippen molar-refractivity contribution in [2.24, 2.45) is 0 Å². The highest BCUT2D eigenvalue weighted by atomic mass is 16.5. The molecule has 0 bridgehead atoms. The molecular weight excluding hydrogens is 246 g/mol. The van der Waals surface area contributed by atoms with Crippen LogP contribution in [0.1, 0.15) is 34.6 Å². The van der Waals surface area contributed by atoms with Gasteiger partial charge in [0.1, 0.15) is 0 Å². The van der Waals surface area contributed by atoms with Gasteiger partial charge in [0.2, 0.25) is 5.89 Å². The molecule has 2 heterocycles. The minimum Gasteiger partial charge on any atom is -0.393 e. The monoisotopic (exact) mass is 273 g/mol. The van der Waals surface area contributed by atoms with Gasteiger partial charge >= 0.3 is 5.76 Å². The predicted octanol–water partition coefficient (Wildman–Crippen LogP) is 2.05. The van der Waals surface area contributed by atoms with Gasteiger partial charge in [0.05, 0.1) is 13.2 Å². The van der Waals surface area contributed by atoms with E-state index in [2.05, 4.69) is 31.8 Å². The van der Waals surface area contributed by atoms with Gasteiger partial charge in [0.25, 0.3) is 0 Å². The quantitative estimate of drug-likeness (QED) is 0.893. The van der Waals surface area contributed by atoms with E-state index in [1.54, 1.807) is 0 Å². The molecule has 1 aliphatic rings. The van der Waals surface area contributed by atoms with Gasteiger partial charge in [-0.3, -0.25) is 0 Å². The molecule has 19 heavy (non-hydrogen) atoms. The fourth-order valence-electron chi connectivity index (χ4n) is 1.35. The van der Waals surface area contributed by atoms with Crippen LogP contribution in [0.2, 0.25) is 0 Å². The number of hydrogen-bond donors (Lipinski definition) is 1. The Bertz CT molecular complexity index is 378. The van der Waals surface area contributed by atoms with Gasteiger partial charge in [-0.25, -0.2) is 9.89 Å². The van der Waals surface area contributed by atoms with E-state index >= 15 is 0 Å². The van der Waals surface area contributed by atoms with Crippen LogP contribution in [0.5, 0.6) is 0 Å². The third-order valence-electron chi connectivity index (χ3n) is 2.19. The van der Waals surface area contributed by atoms with Crippen molar-refractivity contribution in [2.45, 2.75) is 35.1 Å². The lowest BCUT2D eigenvalue weighted by molar-refractivity contribution is 0.0593. The average molecular weight is 273 g/mol. The molecule has 1 fully saturated rings. The zero-order valence-electron chi connectivity index (χ0n) is 10.3. The lowest BCUT2D eigenvalue weighted by Gasteiger charge is -2.24. The third kappa shape index (κ3) is 8.20. The number of allylic oxidation sites excluding steroid dienone is 1. The molecule has 1 N–H and O–H groups in total. The minimum atomic E-state index is -0.484. The number of aromatic nitrogens is 2. The lowest BCUT2D eigenvalue weighted by atomic mass is 10.4. The second kappa shape index (κ2) is 11.5. The molecule has 6 nitrogen and oxygen atoms in total. The molecule has 112 valence electrons. The highest BCUT2D eigenvalue weighted by molar-refractivity contribution is 4.79. The third-order valence-corrected chi connectivity index (χ3v) is 2.19. The molecular formula is C13H27N3O3. The minimum absolute atomic E-state index is 0. The number of rotatable bonds is 2. The molecule has 0 atom stereocenters. The summed E-state index contributed by atoms with van der Waals surface area (Å²) in [6.45, 7) is 7.75. The van der Waals surface area contributed by atoms with Crippen molar-refractivity contribution in [3.8, 4) is 0 Å². The van der Waals surface area contributed by atoms with E-state index in [0.717, 1.165) is 26.3 Å². The number of nitrogens with zero attached hydrogens (tertiary/aromatic N) is 2. The normalized spacial score (nSPS) is 14.1. The summed E-state index contributed by atoms with van der Waals surface area (Å²) in [6, 6.07) is 0. The molecule has 0 saturated carbocycles. The largest absolute Gasteiger partial charge is 0.434 e. The van der Waals surface area contributed by atoms with Crippen LogP contribution < -0.4 is 5.76 Å². The summed E-state index contributed by atoms with van der Waals surface area (Å²) in [5.41, 5.74) is 0. The second-order valence-electron chi connectivity index (χ2n) is 3.49. The first-order valence-electron chi connectivity index (χ1n) is 5.75. The molecule has 0 aromatic carbocycles. The number of aromatic amines is 1. The van der Waals surface area contributed by atoms with E-state index < -0.39 is 5.76 Å². The maximum atomic E-state index is 10.2. The Hall–Kier alpha value is -1.56. The van der Waals surface area contributed by atoms with Gasteiger partial charge < -0.3 is 14.1 Å². The predicted molar refractivity (Wildman–Crippen MR) is 77.2 cm³/mol. The summed E-state index contributed by atoms with van der Waals surface area (Å²) < 4.78 is 9.68. The molecule has 2 rings (SSSR count). The van der Waals surface area contributed by atoms with Crippen LogP contribution in [0, 0.1) is 0 Å². The van der Waals surface area contributed by atoms with E-state index in [4.69, 9.17) is 4.74 Å². The molecule has 0 spiro atoms. The summed E-state index contributed by atoms with van der Waals surface area (Å²) in [7, 11) is 0. The zero-order chi connectivity index (χ0) is 12.5. The Labute approximate surface area is 115 Å². The Kier molecular flexibility index (Phi) is 12.0. The Morgan fingerprint density at radius 3 is 2.37 bits per heavy atom. The summed E-state index contributed by atoms with van der Waals surface area (Å²) in [5.74, 6) is -0.0307. The average Bonchev–Trinajstić information content (AvgIpc) is 2.78. The SMILES string of the molecule is C.C.CC=CN1CCOCC1.CCc1n[nH]c(=O)o1. The molecule has 1 aromatic heterocycles. The van der Waals surface area contributed by atoms with Crippen molar-refractivity contribution < 1.29 is 9.15 Å². The van der Waals surface area contributed by atoms with Crippen molar-refractivity contribution in [3.63, 3.8) is 0 Å². The smallest absolute Gasteiger partial charge is 0.393 e. The number of ether oxygens (including phenoxy) is 1. The molecule has 0 amide bonds. The lowest BCUT2D eigenvalue weighted by Crippen LogP contribution is -2.31. The van der Waals surface area contributed by atoms with Crippen LogP contribution >= 0.6 is 0 Å². The molecule has 0 radical (unpaired) electrons. The number of aryl methyl sites for hydroxylation is 1. The Morgan fingerprint density at radius 1 is 1.37 bits per heavy atom. The van der Waals surface area contributed by atoms with Crippen LogP contribution in [0.4, 0.5) is 0 Å². The highest BCUT2D eigenvalue weighted by Crippen LogP contribution is 1.95. The van der Waals surface area contributed by atoms with Crippen molar-refractivity contribution in [1.82, 2.24) is 15.1 Å². The molecule has 1 saturated heterocycles. The Balaban J connectivity index is 0. The molecule has 1 aromatic rings. The van der Waals surface area contributed by atoms with E-state index in [-0.39, 0.29) is 14.9 Å². The summed E-state index contributed by atoms with van der Waals surface area (Å²) >= 11 is 0. The van der Waals surface area contributed by atoms with Gasteiger partial charge in [-0.05, 0) is 13.1 Å². The van der Waals surface area contributed by atoms with Crippen molar-refractivity contribution in [3.05, 3.63) is 28.7 Å². The van der Waals surface area contributed by atoms with Gasteiger partial charge in [-0.2, -0.15) is 0 Å². The first-order chi connectivity index (χ1) is 8.26. The van der Waals surface area contributed by atoms with E-state index in [1.165, 1.54) is 0 Å². The number of hydrogen-bond acceptors (Lipinski definition) is 5. The van der Waals surface area contributed by atoms with Gasteiger partial charge in [-0.15, -0.1) is 5.10 Å². The fraction of sp³-hybridized carbons (Fsp3) is 0.692. The van der Waals surface area contributed by atoms with Crippen LogP contribution in [-0.4, -0.2) is 41.4 Å². The maximum absolute atomic E-state index is 10.2. The van der Waals surface area contributed by atoms with Crippen molar-refractivity contribution in [1.29, 1.82) is 0 Å². The molecule has 0 aliphatic carbocycles. The standard InChI is InChI=1S/C7H13NO.C4H6N2O2.2CH4/c1-2-3-8-4-6-9-7-5-8;1-2-3-5-6-4(7)8-3;;/h2-3H,4-7H2,1H3;2H2,1H3,(H,6,7);2*1H4. The number of morpholine rings is 1. The van der Waals surface area contributed by atoms with E-state index in [1.807, 2.05) is 13.8 Å². The van der Waals surface area contributed by atoms with Crippen molar-refractivity contribution in [2.75, 3.05) is 26.3 Å². The second-order valence-corrected chi connectivity index (χ2v) is 3.49. The Morgan fingerprint density at radius 2 is 2.00 bits per heavy atom. The van der Waals surface area contributed by atoms with Gasteiger partial charge in [0.15, 0.2) is 0 Å². The first kappa shape index (κ1) is 19.8. The van der Waals surface area contributed by atoms with Crippen LogP contribution in [0.15, 0.2) is 21.5 Å². The van der Waals surface area contributed by atoms with Crippen LogP contribution in [0.3, 0.4) is 0 Å². The topological polar surface area (TPSA) is 71.4 Å². The molecule has 0 unspecified atom stereocenters. The molecule has 1 aliphatic heterocycles. The fourth-order valence-corrected chi connectivity index (χ4v) is 1.35. The maximum Gasteiger partial charge on any atom is 0.434 e. The van der Waals surface area contributed by atoms with E-state index in [9.17, 15) is 4.79 Å². The zero-order valence-corrected chi connectivity index (χ0v) is 10.3. The van der Waals surface area contributed by atoms with Crippen LogP contribution in [-0.2, 0) is 11.2 Å². The van der Waals surface area contributed by atoms with Crippen LogP contribution in [0.25, 0.3) is 0 Å². The summed E-state index contributed by atoms with van der Waals surface area (Å²) in [4.78, 5) is 12.4. The van der Waals surface area contributed by atoms with Gasteiger partial charge in [0, 0.05) is 19.5 Å². The highest BCUT2D eigenvalue weighted by Gasteiger charge is 2.03.